The van der Waals surface area contributed by atoms with Crippen LogP contribution in [0.3, 0.4) is 0 Å². The Labute approximate surface area is 102 Å². The zero-order valence-corrected chi connectivity index (χ0v) is 10.7. The van der Waals surface area contributed by atoms with Crippen molar-refractivity contribution in [3.05, 3.63) is 0 Å². The Morgan fingerprint density at radius 2 is 2.12 bits per heavy atom. The molecule has 0 saturated carbocycles. The molecule has 2 heterocycles. The second-order valence-corrected chi connectivity index (χ2v) is 6.06. The lowest BCUT2D eigenvalue weighted by Gasteiger charge is -2.53. The molecule has 0 aromatic rings. The molecule has 1 unspecified atom stereocenters. The van der Waals surface area contributed by atoms with Crippen molar-refractivity contribution in [3.8, 4) is 0 Å². The molecule has 0 aromatic carbocycles. The van der Waals surface area contributed by atoms with Crippen molar-refractivity contribution in [2.75, 3.05) is 26.3 Å². The normalized spacial score (nSPS) is 27.8. The molecule has 0 bridgehead atoms. The molecule has 0 aromatic heterocycles. The summed E-state index contributed by atoms with van der Waals surface area (Å²) in [7, 11) is 0. The van der Waals surface area contributed by atoms with Gasteiger partial charge in [-0.3, -0.25) is 0 Å². The van der Waals surface area contributed by atoms with Crippen LogP contribution in [0.4, 0.5) is 4.79 Å². The summed E-state index contributed by atoms with van der Waals surface area (Å²) in [4.78, 5) is 13.4. The van der Waals surface area contributed by atoms with Crippen LogP contribution in [0.1, 0.15) is 27.2 Å². The van der Waals surface area contributed by atoms with Crippen LogP contribution in [0.2, 0.25) is 0 Å². The molecule has 0 radical (unpaired) electrons. The van der Waals surface area contributed by atoms with E-state index in [0.717, 1.165) is 0 Å². The number of hydrogen-bond acceptors (Lipinski definition) is 4. The minimum Gasteiger partial charge on any atom is -0.444 e. The van der Waals surface area contributed by atoms with Gasteiger partial charge in [-0.15, -0.1) is 0 Å². The fourth-order valence-corrected chi connectivity index (χ4v) is 2.34. The predicted octanol–water partition coefficient (Wildman–Crippen LogP) is 1.00. The standard InChI is InChI=1S/C12H21NO4/c1-11(2,3)17-10(15)13-6-12(7-13)8-16-5-4-9(12)14/h9,14H,4-8H2,1-3H3. The number of rotatable bonds is 0. The Morgan fingerprint density at radius 3 is 2.65 bits per heavy atom. The van der Waals surface area contributed by atoms with Gasteiger partial charge in [0.05, 0.1) is 18.1 Å². The molecule has 2 rings (SSSR count). The van der Waals surface area contributed by atoms with Crippen molar-refractivity contribution in [1.29, 1.82) is 0 Å². The van der Waals surface area contributed by atoms with Crippen LogP contribution < -0.4 is 0 Å². The number of nitrogens with zero attached hydrogens (tertiary/aromatic N) is 1. The summed E-state index contributed by atoms with van der Waals surface area (Å²) in [6, 6.07) is 0. The van der Waals surface area contributed by atoms with Crippen LogP contribution in [-0.2, 0) is 9.47 Å². The first-order valence-electron chi connectivity index (χ1n) is 6.06. The summed E-state index contributed by atoms with van der Waals surface area (Å²) in [6.07, 6.45) is -0.0156. The van der Waals surface area contributed by atoms with E-state index in [1.165, 1.54) is 0 Å². The highest BCUT2D eigenvalue weighted by Gasteiger charge is 2.52. The fourth-order valence-electron chi connectivity index (χ4n) is 2.34. The lowest BCUT2D eigenvalue weighted by atomic mass is 9.73. The first-order chi connectivity index (χ1) is 7.82. The van der Waals surface area contributed by atoms with E-state index in [0.29, 0.717) is 32.7 Å². The number of likely N-dealkylation sites (tertiary alicyclic amines) is 1. The number of carbonyl (C=O) groups is 1. The minimum absolute atomic E-state index is 0.255. The van der Waals surface area contributed by atoms with Gasteiger partial charge in [0.25, 0.3) is 0 Å². The quantitative estimate of drug-likeness (QED) is 0.689. The van der Waals surface area contributed by atoms with Gasteiger partial charge in [-0.2, -0.15) is 0 Å². The maximum Gasteiger partial charge on any atom is 0.410 e. The van der Waals surface area contributed by atoms with E-state index in [4.69, 9.17) is 9.47 Å². The average Bonchev–Trinajstić information content (AvgIpc) is 2.12. The van der Waals surface area contributed by atoms with Crippen molar-refractivity contribution in [3.63, 3.8) is 0 Å². The van der Waals surface area contributed by atoms with Gasteiger partial charge in [-0.1, -0.05) is 0 Å². The number of aliphatic hydroxyl groups excluding tert-OH is 1. The Balaban J connectivity index is 1.87. The van der Waals surface area contributed by atoms with Crippen LogP contribution in [0.5, 0.6) is 0 Å². The third kappa shape index (κ3) is 2.55. The van der Waals surface area contributed by atoms with Crippen LogP contribution in [0, 0.1) is 5.41 Å². The Bertz CT molecular complexity index is 304. The fraction of sp³-hybridized carbons (Fsp3) is 0.917. The molecule has 1 spiro atoms. The van der Waals surface area contributed by atoms with Gasteiger partial charge in [0.1, 0.15) is 5.60 Å². The molecule has 5 nitrogen and oxygen atoms in total. The number of carbonyl (C=O) groups excluding carboxylic acids is 1. The second kappa shape index (κ2) is 4.14. The van der Waals surface area contributed by atoms with E-state index < -0.39 is 5.60 Å². The predicted molar refractivity (Wildman–Crippen MR) is 61.7 cm³/mol. The molecule has 1 amide bonds. The summed E-state index contributed by atoms with van der Waals surface area (Å²) in [5.74, 6) is 0. The van der Waals surface area contributed by atoms with E-state index in [-0.39, 0.29) is 17.6 Å². The minimum atomic E-state index is -0.471. The number of hydrogen-bond donors (Lipinski definition) is 1. The highest BCUT2D eigenvalue weighted by Crippen LogP contribution is 2.38. The van der Waals surface area contributed by atoms with Crippen LogP contribution in [0.15, 0.2) is 0 Å². The highest BCUT2D eigenvalue weighted by atomic mass is 16.6. The average molecular weight is 243 g/mol. The van der Waals surface area contributed by atoms with Gasteiger partial charge < -0.3 is 19.5 Å². The van der Waals surface area contributed by atoms with Crippen LogP contribution in [0.25, 0.3) is 0 Å². The van der Waals surface area contributed by atoms with E-state index in [9.17, 15) is 9.90 Å². The van der Waals surface area contributed by atoms with Crippen LogP contribution >= 0.6 is 0 Å². The molecule has 1 N–H and O–H groups in total. The number of aliphatic hydroxyl groups is 1. The summed E-state index contributed by atoms with van der Waals surface area (Å²) >= 11 is 0. The van der Waals surface area contributed by atoms with Gasteiger partial charge >= 0.3 is 6.09 Å². The van der Waals surface area contributed by atoms with E-state index in [1.54, 1.807) is 4.90 Å². The third-order valence-corrected chi connectivity index (χ3v) is 3.30. The summed E-state index contributed by atoms with van der Waals surface area (Å²) < 4.78 is 10.7. The van der Waals surface area contributed by atoms with Crippen molar-refractivity contribution >= 4 is 6.09 Å². The maximum absolute atomic E-state index is 11.8. The zero-order valence-electron chi connectivity index (χ0n) is 10.7. The number of amides is 1. The van der Waals surface area contributed by atoms with E-state index in [1.807, 2.05) is 20.8 Å². The molecule has 5 heteroatoms. The van der Waals surface area contributed by atoms with Crippen molar-refractivity contribution in [2.24, 2.45) is 5.41 Å². The first kappa shape index (κ1) is 12.6. The van der Waals surface area contributed by atoms with Gasteiger partial charge in [0, 0.05) is 19.7 Å². The molecule has 2 fully saturated rings. The zero-order chi connectivity index (χ0) is 12.7. The van der Waals surface area contributed by atoms with Gasteiger partial charge in [-0.05, 0) is 27.2 Å². The van der Waals surface area contributed by atoms with Crippen molar-refractivity contribution in [2.45, 2.75) is 38.9 Å². The molecular formula is C12H21NO4. The van der Waals surface area contributed by atoms with Gasteiger partial charge in [0.15, 0.2) is 0 Å². The van der Waals surface area contributed by atoms with Gasteiger partial charge in [0.2, 0.25) is 0 Å². The van der Waals surface area contributed by atoms with Crippen molar-refractivity contribution < 1.29 is 19.4 Å². The monoisotopic (exact) mass is 243 g/mol. The lowest BCUT2D eigenvalue weighted by molar-refractivity contribution is -0.164. The molecule has 2 aliphatic rings. The summed E-state index contributed by atoms with van der Waals surface area (Å²) in [5.41, 5.74) is -0.726. The molecule has 98 valence electrons. The smallest absolute Gasteiger partial charge is 0.410 e. The molecule has 17 heavy (non-hydrogen) atoms. The highest BCUT2D eigenvalue weighted by molar-refractivity contribution is 5.69. The second-order valence-electron chi connectivity index (χ2n) is 6.06. The first-order valence-corrected chi connectivity index (χ1v) is 6.06. The Morgan fingerprint density at radius 1 is 1.47 bits per heavy atom. The summed E-state index contributed by atoms with van der Waals surface area (Å²) in [5, 5.41) is 9.95. The van der Waals surface area contributed by atoms with E-state index in [2.05, 4.69) is 0 Å². The molecule has 2 aliphatic heterocycles. The number of ether oxygens (including phenoxy) is 2. The summed E-state index contributed by atoms with van der Waals surface area (Å²) in [6.45, 7) is 7.74. The Hall–Kier alpha value is -0.810. The van der Waals surface area contributed by atoms with Gasteiger partial charge in [-0.25, -0.2) is 4.79 Å². The third-order valence-electron chi connectivity index (χ3n) is 3.30. The topological polar surface area (TPSA) is 59.0 Å². The largest absolute Gasteiger partial charge is 0.444 e. The molecule has 1 atom stereocenters. The Kier molecular flexibility index (Phi) is 3.08. The molecular weight excluding hydrogens is 222 g/mol. The van der Waals surface area contributed by atoms with Crippen LogP contribution in [-0.4, -0.2) is 54.1 Å². The SMILES string of the molecule is CC(C)(C)OC(=O)N1CC2(COCCC2O)C1. The van der Waals surface area contributed by atoms with Crippen molar-refractivity contribution in [1.82, 2.24) is 4.90 Å². The molecule has 0 aliphatic carbocycles. The lowest BCUT2D eigenvalue weighted by Crippen LogP contribution is -2.67. The van der Waals surface area contributed by atoms with E-state index >= 15 is 0 Å². The molecule has 2 saturated heterocycles. The maximum atomic E-state index is 11.8.